The smallest absolute Gasteiger partial charge is 0.256 e. The Morgan fingerprint density at radius 3 is 2.65 bits per heavy atom. The molecule has 0 radical (unpaired) electrons. The quantitative estimate of drug-likeness (QED) is 0.696. The molecule has 0 saturated carbocycles. The molecule has 2 aromatic rings. The van der Waals surface area contributed by atoms with Crippen molar-refractivity contribution in [2.45, 2.75) is 11.8 Å². The van der Waals surface area contributed by atoms with Gasteiger partial charge in [-0.15, -0.1) is 0 Å². The summed E-state index contributed by atoms with van der Waals surface area (Å²) in [7, 11) is 0. The molecular formula is C15H12Br2FNO. The van der Waals surface area contributed by atoms with Crippen LogP contribution in [0.15, 0.2) is 46.9 Å². The maximum atomic E-state index is 13.2. The summed E-state index contributed by atoms with van der Waals surface area (Å²) in [5.74, 6) is -0.794. The normalized spacial score (nSPS) is 12.0. The van der Waals surface area contributed by atoms with Gasteiger partial charge in [-0.25, -0.2) is 4.39 Å². The van der Waals surface area contributed by atoms with Crippen LogP contribution in [-0.4, -0.2) is 5.91 Å². The highest BCUT2D eigenvalue weighted by Gasteiger charge is 2.14. The number of carbonyl (C=O) groups excluding carboxylic acids is 1. The maximum Gasteiger partial charge on any atom is 0.256 e. The monoisotopic (exact) mass is 399 g/mol. The van der Waals surface area contributed by atoms with E-state index < -0.39 is 5.82 Å². The van der Waals surface area contributed by atoms with E-state index in [1.165, 1.54) is 18.2 Å². The van der Waals surface area contributed by atoms with E-state index in [-0.39, 0.29) is 16.3 Å². The molecule has 0 spiro atoms. The van der Waals surface area contributed by atoms with Crippen molar-refractivity contribution in [3.63, 3.8) is 0 Å². The minimum absolute atomic E-state index is 0.106. The molecule has 5 heteroatoms. The molecule has 0 fully saturated rings. The van der Waals surface area contributed by atoms with Gasteiger partial charge < -0.3 is 5.32 Å². The van der Waals surface area contributed by atoms with Gasteiger partial charge in [0.2, 0.25) is 0 Å². The molecule has 0 heterocycles. The lowest BCUT2D eigenvalue weighted by molar-refractivity contribution is 0.102. The highest BCUT2D eigenvalue weighted by atomic mass is 79.9. The zero-order valence-corrected chi connectivity index (χ0v) is 13.8. The number of amides is 1. The highest BCUT2D eigenvalue weighted by Crippen LogP contribution is 2.29. The fraction of sp³-hybridized carbons (Fsp3) is 0.133. The first-order valence-corrected chi connectivity index (χ1v) is 7.69. The van der Waals surface area contributed by atoms with Gasteiger partial charge in [-0.05, 0) is 52.7 Å². The molecule has 2 nitrogen and oxygen atoms in total. The second-order valence-electron chi connectivity index (χ2n) is 4.28. The van der Waals surface area contributed by atoms with Crippen molar-refractivity contribution in [3.8, 4) is 0 Å². The SMILES string of the molecule is CC(Br)c1ccccc1NC(=O)c1cc(F)ccc1Br. The molecule has 2 aromatic carbocycles. The molecule has 0 aliphatic heterocycles. The van der Waals surface area contributed by atoms with Crippen molar-refractivity contribution in [1.29, 1.82) is 0 Å². The van der Waals surface area contributed by atoms with Crippen LogP contribution >= 0.6 is 31.9 Å². The summed E-state index contributed by atoms with van der Waals surface area (Å²) in [6, 6.07) is 11.5. The summed E-state index contributed by atoms with van der Waals surface area (Å²) >= 11 is 6.74. The van der Waals surface area contributed by atoms with Crippen molar-refractivity contribution >= 4 is 43.5 Å². The summed E-state index contributed by atoms with van der Waals surface area (Å²) in [4.78, 5) is 12.3. The van der Waals surface area contributed by atoms with E-state index in [4.69, 9.17) is 0 Å². The van der Waals surface area contributed by atoms with E-state index in [9.17, 15) is 9.18 Å². The second-order valence-corrected chi connectivity index (χ2v) is 6.51. The van der Waals surface area contributed by atoms with E-state index in [0.717, 1.165) is 5.56 Å². The lowest BCUT2D eigenvalue weighted by Gasteiger charge is -2.13. The van der Waals surface area contributed by atoms with Gasteiger partial charge in [0.15, 0.2) is 0 Å². The lowest BCUT2D eigenvalue weighted by Crippen LogP contribution is -2.14. The molecule has 0 saturated heterocycles. The van der Waals surface area contributed by atoms with Crippen molar-refractivity contribution in [2.75, 3.05) is 5.32 Å². The fourth-order valence-corrected chi connectivity index (χ4v) is 2.64. The van der Waals surface area contributed by atoms with Crippen LogP contribution in [0.3, 0.4) is 0 Å². The van der Waals surface area contributed by atoms with Gasteiger partial charge in [-0.2, -0.15) is 0 Å². The molecule has 1 unspecified atom stereocenters. The first-order chi connectivity index (χ1) is 9.49. The largest absolute Gasteiger partial charge is 0.322 e. The molecule has 2 rings (SSSR count). The molecule has 1 N–H and O–H groups in total. The number of hydrogen-bond donors (Lipinski definition) is 1. The number of hydrogen-bond acceptors (Lipinski definition) is 1. The number of halogens is 3. The van der Waals surface area contributed by atoms with E-state index >= 15 is 0 Å². The minimum Gasteiger partial charge on any atom is -0.322 e. The summed E-state index contributed by atoms with van der Waals surface area (Å²) < 4.78 is 13.8. The molecule has 0 aromatic heterocycles. The van der Waals surface area contributed by atoms with Crippen molar-refractivity contribution in [1.82, 2.24) is 0 Å². The zero-order chi connectivity index (χ0) is 14.7. The minimum atomic E-state index is -0.444. The predicted molar refractivity (Wildman–Crippen MR) is 85.8 cm³/mol. The topological polar surface area (TPSA) is 29.1 Å². The van der Waals surface area contributed by atoms with E-state index in [1.54, 1.807) is 0 Å². The number of anilines is 1. The Bertz CT molecular complexity index is 644. The van der Waals surface area contributed by atoms with Gasteiger partial charge in [0.1, 0.15) is 5.82 Å². The third kappa shape index (κ3) is 3.46. The van der Waals surface area contributed by atoms with Crippen molar-refractivity contribution in [2.24, 2.45) is 0 Å². The summed E-state index contributed by atoms with van der Waals surface area (Å²) in [6.07, 6.45) is 0. The van der Waals surface area contributed by atoms with Crippen molar-refractivity contribution in [3.05, 3.63) is 63.9 Å². The van der Waals surface area contributed by atoms with Gasteiger partial charge in [-0.3, -0.25) is 4.79 Å². The number of nitrogens with one attached hydrogen (secondary N) is 1. The van der Waals surface area contributed by atoms with Crippen LogP contribution in [0.5, 0.6) is 0 Å². The van der Waals surface area contributed by atoms with Crippen LogP contribution in [0.1, 0.15) is 27.7 Å². The first-order valence-electron chi connectivity index (χ1n) is 5.98. The molecule has 20 heavy (non-hydrogen) atoms. The van der Waals surface area contributed by atoms with Crippen LogP contribution in [0, 0.1) is 5.82 Å². The Labute approximate surface area is 133 Å². The van der Waals surface area contributed by atoms with Crippen LogP contribution in [0.4, 0.5) is 10.1 Å². The molecule has 1 atom stereocenters. The van der Waals surface area contributed by atoms with Gasteiger partial charge in [0, 0.05) is 15.0 Å². The molecule has 104 valence electrons. The number of benzene rings is 2. The molecule has 0 aliphatic carbocycles. The Hall–Kier alpha value is -1.20. The summed E-state index contributed by atoms with van der Waals surface area (Å²) in [5, 5.41) is 2.81. The average molecular weight is 401 g/mol. The van der Waals surface area contributed by atoms with E-state index in [1.807, 2.05) is 31.2 Å². The Balaban J connectivity index is 2.31. The number of alkyl halides is 1. The fourth-order valence-electron chi connectivity index (χ4n) is 1.82. The zero-order valence-electron chi connectivity index (χ0n) is 10.7. The third-order valence-corrected chi connectivity index (χ3v) is 4.00. The highest BCUT2D eigenvalue weighted by molar-refractivity contribution is 9.10. The van der Waals surface area contributed by atoms with Crippen LogP contribution < -0.4 is 5.32 Å². The average Bonchev–Trinajstić information content (AvgIpc) is 2.41. The van der Waals surface area contributed by atoms with Crippen LogP contribution in [0.2, 0.25) is 0 Å². The van der Waals surface area contributed by atoms with E-state index in [2.05, 4.69) is 37.2 Å². The summed E-state index contributed by atoms with van der Waals surface area (Å²) in [6.45, 7) is 1.98. The van der Waals surface area contributed by atoms with Crippen LogP contribution in [-0.2, 0) is 0 Å². The lowest BCUT2D eigenvalue weighted by atomic mass is 10.1. The maximum absolute atomic E-state index is 13.2. The second kappa shape index (κ2) is 6.50. The predicted octanol–water partition coefficient (Wildman–Crippen LogP) is 5.30. The van der Waals surface area contributed by atoms with Gasteiger partial charge in [-0.1, -0.05) is 34.1 Å². The van der Waals surface area contributed by atoms with Crippen molar-refractivity contribution < 1.29 is 9.18 Å². The third-order valence-electron chi connectivity index (χ3n) is 2.81. The number of carbonyl (C=O) groups is 1. The standard InChI is InChI=1S/C15H12Br2FNO/c1-9(16)11-4-2-3-5-14(11)19-15(20)12-8-10(18)6-7-13(12)17/h2-9H,1H3,(H,19,20). The molecule has 0 aliphatic rings. The van der Waals surface area contributed by atoms with E-state index in [0.29, 0.717) is 10.2 Å². The molecule has 0 bridgehead atoms. The number of rotatable bonds is 3. The van der Waals surface area contributed by atoms with Crippen LogP contribution in [0.25, 0.3) is 0 Å². The summed E-state index contributed by atoms with van der Waals surface area (Å²) in [5.41, 5.74) is 1.94. The van der Waals surface area contributed by atoms with Gasteiger partial charge in [0.05, 0.1) is 5.56 Å². The molecular weight excluding hydrogens is 389 g/mol. The Morgan fingerprint density at radius 2 is 1.95 bits per heavy atom. The first kappa shape index (κ1) is 15.2. The Kier molecular flexibility index (Phi) is 4.94. The van der Waals surface area contributed by atoms with Gasteiger partial charge >= 0.3 is 0 Å². The van der Waals surface area contributed by atoms with Gasteiger partial charge in [0.25, 0.3) is 5.91 Å². The molecule has 1 amide bonds. The number of para-hydroxylation sites is 1. The Morgan fingerprint density at radius 1 is 1.25 bits per heavy atom.